The molecule has 1 N–H and O–H groups in total. The Balaban J connectivity index is 2.78. The minimum absolute atomic E-state index is 0.0622. The molecule has 2 atom stereocenters. The average molecular weight is 273 g/mol. The number of likely N-dealkylation sites (tertiary alicyclic amines) is 1. The Labute approximate surface area is 112 Å². The van der Waals surface area contributed by atoms with Crippen LogP contribution in [-0.2, 0) is 9.53 Å². The molecule has 1 heterocycles. The topological polar surface area (TPSA) is 83.9 Å². The number of carbonyl (C=O) groups is 3. The van der Waals surface area contributed by atoms with Crippen molar-refractivity contribution < 1.29 is 28.7 Å². The maximum absolute atomic E-state index is 12.4. The molecular weight excluding hydrogens is 252 g/mol. The molecule has 0 aliphatic carbocycles. The fraction of sp³-hybridized carbons (Fsp3) is 0.750. The highest BCUT2D eigenvalue weighted by Crippen LogP contribution is 2.29. The molecule has 0 spiro atoms. The number of urea groups is 1. The van der Waals surface area contributed by atoms with Gasteiger partial charge in [0.25, 0.3) is 0 Å². The molecule has 0 aromatic heterocycles. The first kappa shape index (κ1) is 15.4. The summed E-state index contributed by atoms with van der Waals surface area (Å²) in [6.45, 7) is 2.23. The molecule has 0 saturated carbocycles. The van der Waals surface area contributed by atoms with Gasteiger partial charge in [-0.1, -0.05) is 0 Å². The molecule has 0 aromatic carbocycles. The molecule has 7 heteroatoms. The van der Waals surface area contributed by atoms with E-state index in [-0.39, 0.29) is 19.0 Å². The third-order valence-electron chi connectivity index (χ3n) is 3.77. The molecule has 1 saturated heterocycles. The number of imide groups is 1. The molecule has 0 radical (unpaired) electrons. The lowest BCUT2D eigenvalue weighted by atomic mass is 10.2. The van der Waals surface area contributed by atoms with Crippen molar-refractivity contribution in [2.24, 2.45) is 0 Å². The average Bonchev–Trinajstić information content (AvgIpc) is 2.77. The quantitative estimate of drug-likeness (QED) is 0.618. The number of esters is 1. The van der Waals surface area contributed by atoms with E-state index in [2.05, 4.69) is 4.74 Å². The maximum Gasteiger partial charge on any atom is 0.523 e. The summed E-state index contributed by atoms with van der Waals surface area (Å²) in [6.07, 6.45) is 0.361. The van der Waals surface area contributed by atoms with E-state index in [1.807, 2.05) is 0 Å². The van der Waals surface area contributed by atoms with Crippen molar-refractivity contribution in [2.45, 2.75) is 32.2 Å². The number of hydrogen-bond donors (Lipinski definition) is 1. The van der Waals surface area contributed by atoms with Gasteiger partial charge in [-0.05, 0) is 6.92 Å². The number of carbonyl (C=O) groups excluding carboxylic acids is 2. The van der Waals surface area contributed by atoms with Gasteiger partial charge in [-0.3, -0.25) is 9.69 Å². The van der Waals surface area contributed by atoms with Gasteiger partial charge >= 0.3 is 18.1 Å². The van der Waals surface area contributed by atoms with Gasteiger partial charge in [0.15, 0.2) is 0 Å². The van der Waals surface area contributed by atoms with Gasteiger partial charge in [-0.25, -0.2) is 4.79 Å². The zero-order valence-corrected chi connectivity index (χ0v) is 11.6. The van der Waals surface area contributed by atoms with E-state index in [1.165, 1.54) is 19.1 Å². The summed E-state index contributed by atoms with van der Waals surface area (Å²) < 4.78 is 3.93. The van der Waals surface area contributed by atoms with Crippen LogP contribution in [0.2, 0.25) is 0 Å². The summed E-state index contributed by atoms with van der Waals surface area (Å²) in [5, 5.41) is 9.41. The summed E-state index contributed by atoms with van der Waals surface area (Å²) in [4.78, 5) is 36.2. The minimum Gasteiger partial charge on any atom is -0.469 e. The van der Waals surface area contributed by atoms with Crippen molar-refractivity contribution in [2.75, 3.05) is 27.2 Å². The van der Waals surface area contributed by atoms with Crippen LogP contribution in [0, 0.1) is 0 Å². The van der Waals surface area contributed by atoms with Crippen LogP contribution in [0.4, 0.5) is 9.59 Å². The highest BCUT2D eigenvalue weighted by Gasteiger charge is 2.54. The first-order valence-corrected chi connectivity index (χ1v) is 6.30. The van der Waals surface area contributed by atoms with E-state index in [4.69, 9.17) is 0 Å². The Kier molecular flexibility index (Phi) is 4.88. The lowest BCUT2D eigenvalue weighted by Crippen LogP contribution is -2.62. The second-order valence-corrected chi connectivity index (χ2v) is 4.90. The molecule has 1 unspecified atom stereocenters. The van der Waals surface area contributed by atoms with Gasteiger partial charge in [0.1, 0.15) is 6.04 Å². The van der Waals surface area contributed by atoms with Gasteiger partial charge in [0, 0.05) is 26.4 Å². The monoisotopic (exact) mass is 273 g/mol. The van der Waals surface area contributed by atoms with Crippen molar-refractivity contribution in [3.05, 3.63) is 0 Å². The lowest BCUT2D eigenvalue weighted by molar-refractivity contribution is -0.790. The van der Waals surface area contributed by atoms with Crippen LogP contribution in [0.25, 0.3) is 0 Å². The Morgan fingerprint density at radius 1 is 1.42 bits per heavy atom. The molecule has 1 fully saturated rings. The summed E-state index contributed by atoms with van der Waals surface area (Å²) in [6, 6.07) is -0.716. The zero-order chi connectivity index (χ0) is 14.6. The lowest BCUT2D eigenvalue weighted by Gasteiger charge is -2.32. The number of ether oxygens (including phenoxy) is 1. The van der Waals surface area contributed by atoms with Crippen molar-refractivity contribution in [1.29, 1.82) is 0 Å². The van der Waals surface area contributed by atoms with Crippen molar-refractivity contribution in [1.82, 2.24) is 4.90 Å². The SMILES string of the molecule is COC(=O)CCN(C)C(=O)[N+]1(C(=O)O)CCC[C@H]1C. The third-order valence-corrected chi connectivity index (χ3v) is 3.77. The molecule has 1 aliphatic rings. The normalized spacial score (nSPS) is 25.9. The molecule has 0 bridgehead atoms. The predicted octanol–water partition coefficient (Wildman–Crippen LogP) is 1.28. The maximum atomic E-state index is 12.4. The number of hydrogen-bond acceptors (Lipinski definition) is 4. The van der Waals surface area contributed by atoms with Gasteiger partial charge in [-0.15, -0.1) is 4.48 Å². The molecule has 108 valence electrons. The summed E-state index contributed by atoms with van der Waals surface area (Å²) in [5.41, 5.74) is 0. The smallest absolute Gasteiger partial charge is 0.469 e. The van der Waals surface area contributed by atoms with Gasteiger partial charge in [0.2, 0.25) is 0 Å². The van der Waals surface area contributed by atoms with Crippen LogP contribution in [0.1, 0.15) is 26.2 Å². The number of amides is 3. The standard InChI is InChI=1S/C12H20N2O5/c1-9-5-4-8-14(9,12(17)18)11(16)13(2)7-6-10(15)19-3/h9H,4-8H2,1-3H3/p+1/t9-,14?/m1/s1. The number of rotatable bonds is 3. The van der Waals surface area contributed by atoms with E-state index < -0.39 is 22.6 Å². The van der Waals surface area contributed by atoms with E-state index in [0.717, 1.165) is 0 Å². The van der Waals surface area contributed by atoms with Gasteiger partial charge in [0.05, 0.1) is 20.1 Å². The highest BCUT2D eigenvalue weighted by atomic mass is 16.5. The van der Waals surface area contributed by atoms with Gasteiger partial charge < -0.3 is 9.84 Å². The second kappa shape index (κ2) is 6.01. The summed E-state index contributed by atoms with van der Waals surface area (Å²) >= 11 is 0. The largest absolute Gasteiger partial charge is 0.523 e. The zero-order valence-electron chi connectivity index (χ0n) is 11.6. The Hall–Kier alpha value is -1.63. The molecule has 1 aliphatic heterocycles. The minimum atomic E-state index is -1.13. The van der Waals surface area contributed by atoms with Crippen LogP contribution in [0.3, 0.4) is 0 Å². The molecule has 7 nitrogen and oxygen atoms in total. The number of quaternary nitrogens is 1. The Morgan fingerprint density at radius 2 is 2.05 bits per heavy atom. The first-order chi connectivity index (χ1) is 8.86. The summed E-state index contributed by atoms with van der Waals surface area (Å²) in [7, 11) is 2.79. The molecule has 1 rings (SSSR count). The third kappa shape index (κ3) is 2.86. The van der Waals surface area contributed by atoms with Crippen LogP contribution >= 0.6 is 0 Å². The highest BCUT2D eigenvalue weighted by molar-refractivity contribution is 5.80. The van der Waals surface area contributed by atoms with E-state index in [9.17, 15) is 19.5 Å². The van der Waals surface area contributed by atoms with Crippen molar-refractivity contribution in [3.63, 3.8) is 0 Å². The second-order valence-electron chi connectivity index (χ2n) is 4.90. The van der Waals surface area contributed by atoms with Crippen LogP contribution < -0.4 is 0 Å². The van der Waals surface area contributed by atoms with Gasteiger partial charge in [-0.2, -0.15) is 4.79 Å². The molecule has 3 amide bonds. The van der Waals surface area contributed by atoms with Crippen molar-refractivity contribution in [3.8, 4) is 0 Å². The van der Waals surface area contributed by atoms with E-state index >= 15 is 0 Å². The van der Waals surface area contributed by atoms with Crippen LogP contribution in [0.15, 0.2) is 0 Å². The predicted molar refractivity (Wildman–Crippen MR) is 66.5 cm³/mol. The number of methoxy groups -OCH3 is 1. The summed E-state index contributed by atoms with van der Waals surface area (Å²) in [5.74, 6) is -0.420. The molecule has 0 aromatic rings. The Morgan fingerprint density at radius 3 is 2.47 bits per heavy atom. The molecular formula is C12H21N2O5+. The van der Waals surface area contributed by atoms with Crippen molar-refractivity contribution >= 4 is 18.1 Å². The van der Waals surface area contributed by atoms with E-state index in [0.29, 0.717) is 19.4 Å². The van der Waals surface area contributed by atoms with Crippen LogP contribution in [-0.4, -0.2) is 65.9 Å². The Bertz CT molecular complexity index is 384. The number of carboxylic acid groups (broad SMARTS) is 1. The van der Waals surface area contributed by atoms with Crippen LogP contribution in [0.5, 0.6) is 0 Å². The number of nitrogens with zero attached hydrogens (tertiary/aromatic N) is 2. The first-order valence-electron chi connectivity index (χ1n) is 6.30. The fourth-order valence-electron chi connectivity index (χ4n) is 2.49. The molecule has 19 heavy (non-hydrogen) atoms. The van der Waals surface area contributed by atoms with E-state index in [1.54, 1.807) is 6.92 Å². The fourth-order valence-corrected chi connectivity index (χ4v) is 2.49.